The molecule has 0 aliphatic heterocycles. The third-order valence-electron chi connectivity index (χ3n) is 2.37. The van der Waals surface area contributed by atoms with Crippen molar-refractivity contribution in [3.05, 3.63) is 22.2 Å². The van der Waals surface area contributed by atoms with E-state index in [-0.39, 0.29) is 12.2 Å². The van der Waals surface area contributed by atoms with Crippen molar-refractivity contribution in [3.8, 4) is 0 Å². The summed E-state index contributed by atoms with van der Waals surface area (Å²) < 4.78 is 0. The maximum absolute atomic E-state index is 11.3. The van der Waals surface area contributed by atoms with Crippen molar-refractivity contribution >= 4 is 5.82 Å². The molecular formula is C10H15N3O2. The molecule has 0 amide bonds. The molecule has 1 heterocycles. The van der Waals surface area contributed by atoms with Crippen LogP contribution in [0.2, 0.25) is 0 Å². The van der Waals surface area contributed by atoms with Crippen LogP contribution in [0, 0.1) is 0 Å². The molecule has 1 saturated carbocycles. The fraction of sp³-hybridized carbons (Fsp3) is 0.600. The number of anilines is 1. The van der Waals surface area contributed by atoms with Crippen molar-refractivity contribution in [1.29, 1.82) is 0 Å². The summed E-state index contributed by atoms with van der Waals surface area (Å²) in [4.78, 5) is 18.4. The molecule has 1 aliphatic rings. The Kier molecular flexibility index (Phi) is 3.01. The number of nitrogens with one attached hydrogen (secondary N) is 2. The topological polar surface area (TPSA) is 78.0 Å². The van der Waals surface area contributed by atoms with Crippen LogP contribution in [0.15, 0.2) is 10.9 Å². The van der Waals surface area contributed by atoms with Crippen LogP contribution in [-0.2, 0) is 0 Å². The molecule has 0 atom stereocenters. The molecule has 1 aromatic heterocycles. The molecule has 0 radical (unpaired) electrons. The summed E-state index contributed by atoms with van der Waals surface area (Å²) in [6.07, 6.45) is 2.89. The highest BCUT2D eigenvalue weighted by Gasteiger charge is 2.26. The van der Waals surface area contributed by atoms with Crippen molar-refractivity contribution in [3.63, 3.8) is 0 Å². The lowest BCUT2D eigenvalue weighted by atomic mass is 10.4. The summed E-state index contributed by atoms with van der Waals surface area (Å²) in [5.41, 5.74) is -0.113. The lowest BCUT2D eigenvalue weighted by Crippen LogP contribution is -2.14. The molecule has 0 aromatic carbocycles. The zero-order valence-electron chi connectivity index (χ0n) is 8.49. The first kappa shape index (κ1) is 10.2. The second-order valence-electron chi connectivity index (χ2n) is 3.79. The van der Waals surface area contributed by atoms with Gasteiger partial charge in [0, 0.05) is 25.1 Å². The molecule has 1 aliphatic carbocycles. The van der Waals surface area contributed by atoms with Crippen LogP contribution in [0.4, 0.5) is 5.82 Å². The maximum atomic E-state index is 11.3. The standard InChI is InChI=1S/C10H15N3O2/c14-5-1-4-11-8-6-9(15)13-10(12-8)7-2-3-7/h6-7,14H,1-5H2,(H2,11,12,13,15). The van der Waals surface area contributed by atoms with Crippen LogP contribution in [0.5, 0.6) is 0 Å². The summed E-state index contributed by atoms with van der Waals surface area (Å²) in [5, 5.41) is 11.6. The van der Waals surface area contributed by atoms with Gasteiger partial charge in [-0.3, -0.25) is 4.79 Å². The number of H-pyrrole nitrogens is 1. The van der Waals surface area contributed by atoms with Crippen molar-refractivity contribution in [2.45, 2.75) is 25.2 Å². The van der Waals surface area contributed by atoms with Gasteiger partial charge in [-0.05, 0) is 19.3 Å². The van der Waals surface area contributed by atoms with Crippen LogP contribution >= 0.6 is 0 Å². The predicted molar refractivity (Wildman–Crippen MR) is 57.0 cm³/mol. The highest BCUT2D eigenvalue weighted by Crippen LogP contribution is 2.37. The Balaban J connectivity index is 2.06. The number of nitrogens with zero attached hydrogens (tertiary/aromatic N) is 1. The number of aliphatic hydroxyl groups excluding tert-OH is 1. The Morgan fingerprint density at radius 3 is 3.07 bits per heavy atom. The molecule has 15 heavy (non-hydrogen) atoms. The highest BCUT2D eigenvalue weighted by atomic mass is 16.3. The normalized spacial score (nSPS) is 15.3. The second kappa shape index (κ2) is 4.44. The fourth-order valence-electron chi connectivity index (χ4n) is 1.41. The Hall–Kier alpha value is -1.36. The zero-order chi connectivity index (χ0) is 10.7. The number of rotatable bonds is 5. The summed E-state index contributed by atoms with van der Waals surface area (Å²) in [5.74, 6) is 1.83. The van der Waals surface area contributed by atoms with Gasteiger partial charge >= 0.3 is 0 Å². The Morgan fingerprint density at radius 1 is 1.60 bits per heavy atom. The van der Waals surface area contributed by atoms with Gasteiger partial charge in [0.1, 0.15) is 11.6 Å². The van der Waals surface area contributed by atoms with E-state index in [9.17, 15) is 4.79 Å². The number of aromatic amines is 1. The van der Waals surface area contributed by atoms with Crippen LogP contribution in [0.1, 0.15) is 31.0 Å². The monoisotopic (exact) mass is 209 g/mol. The Labute approximate surface area is 87.6 Å². The average molecular weight is 209 g/mol. The van der Waals surface area contributed by atoms with Gasteiger partial charge in [0.2, 0.25) is 0 Å². The lowest BCUT2D eigenvalue weighted by Gasteiger charge is -2.05. The van der Waals surface area contributed by atoms with Gasteiger partial charge in [0.15, 0.2) is 0 Å². The van der Waals surface area contributed by atoms with E-state index in [0.717, 1.165) is 18.7 Å². The van der Waals surface area contributed by atoms with Gasteiger partial charge in [0.05, 0.1) is 0 Å². The summed E-state index contributed by atoms with van der Waals surface area (Å²) in [6, 6.07) is 1.45. The van der Waals surface area contributed by atoms with Crippen LogP contribution < -0.4 is 10.9 Å². The van der Waals surface area contributed by atoms with Crippen molar-refractivity contribution < 1.29 is 5.11 Å². The van der Waals surface area contributed by atoms with E-state index in [0.29, 0.717) is 24.7 Å². The van der Waals surface area contributed by atoms with Crippen LogP contribution in [0.3, 0.4) is 0 Å². The summed E-state index contributed by atoms with van der Waals surface area (Å²) in [7, 11) is 0. The van der Waals surface area contributed by atoms with Crippen molar-refractivity contribution in [2.75, 3.05) is 18.5 Å². The highest BCUT2D eigenvalue weighted by molar-refractivity contribution is 5.33. The van der Waals surface area contributed by atoms with E-state index in [2.05, 4.69) is 15.3 Å². The fourth-order valence-corrected chi connectivity index (χ4v) is 1.41. The van der Waals surface area contributed by atoms with E-state index < -0.39 is 0 Å². The minimum Gasteiger partial charge on any atom is -0.396 e. The molecule has 0 saturated heterocycles. The molecule has 5 heteroatoms. The molecular weight excluding hydrogens is 194 g/mol. The summed E-state index contributed by atoms with van der Waals surface area (Å²) >= 11 is 0. The Morgan fingerprint density at radius 2 is 2.40 bits per heavy atom. The second-order valence-corrected chi connectivity index (χ2v) is 3.79. The lowest BCUT2D eigenvalue weighted by molar-refractivity contribution is 0.292. The minimum absolute atomic E-state index is 0.113. The quantitative estimate of drug-likeness (QED) is 0.615. The molecule has 0 spiro atoms. The number of aromatic nitrogens is 2. The first-order valence-electron chi connectivity index (χ1n) is 5.25. The third kappa shape index (κ3) is 2.79. The number of hydrogen-bond donors (Lipinski definition) is 3. The van der Waals surface area contributed by atoms with Gasteiger partial charge < -0.3 is 15.4 Å². The van der Waals surface area contributed by atoms with E-state index in [4.69, 9.17) is 5.11 Å². The number of hydrogen-bond acceptors (Lipinski definition) is 4. The minimum atomic E-state index is -0.113. The van der Waals surface area contributed by atoms with Crippen LogP contribution in [-0.4, -0.2) is 28.2 Å². The van der Waals surface area contributed by atoms with E-state index in [1.807, 2.05) is 0 Å². The molecule has 2 rings (SSSR count). The molecule has 1 fully saturated rings. The first-order chi connectivity index (χ1) is 7.29. The van der Waals surface area contributed by atoms with Gasteiger partial charge in [0.25, 0.3) is 5.56 Å². The van der Waals surface area contributed by atoms with Gasteiger partial charge in [-0.15, -0.1) is 0 Å². The molecule has 0 bridgehead atoms. The average Bonchev–Trinajstić information content (AvgIpc) is 3.00. The molecule has 3 N–H and O–H groups in total. The van der Waals surface area contributed by atoms with Crippen LogP contribution in [0.25, 0.3) is 0 Å². The third-order valence-corrected chi connectivity index (χ3v) is 2.37. The van der Waals surface area contributed by atoms with Gasteiger partial charge in [-0.2, -0.15) is 0 Å². The molecule has 0 unspecified atom stereocenters. The summed E-state index contributed by atoms with van der Waals surface area (Å²) in [6.45, 7) is 0.780. The predicted octanol–water partition coefficient (Wildman–Crippen LogP) is 0.442. The van der Waals surface area contributed by atoms with Gasteiger partial charge in [-0.1, -0.05) is 0 Å². The largest absolute Gasteiger partial charge is 0.396 e. The van der Waals surface area contributed by atoms with E-state index in [1.54, 1.807) is 0 Å². The smallest absolute Gasteiger partial charge is 0.252 e. The first-order valence-corrected chi connectivity index (χ1v) is 5.25. The van der Waals surface area contributed by atoms with Gasteiger partial charge in [-0.25, -0.2) is 4.98 Å². The van der Waals surface area contributed by atoms with E-state index in [1.165, 1.54) is 6.07 Å². The van der Waals surface area contributed by atoms with E-state index >= 15 is 0 Å². The molecule has 1 aromatic rings. The number of aliphatic hydroxyl groups is 1. The van der Waals surface area contributed by atoms with Crippen molar-refractivity contribution in [1.82, 2.24) is 9.97 Å². The molecule has 5 nitrogen and oxygen atoms in total. The zero-order valence-corrected chi connectivity index (χ0v) is 8.49. The van der Waals surface area contributed by atoms with Crippen molar-refractivity contribution in [2.24, 2.45) is 0 Å². The Bertz CT molecular complexity index is 384. The molecule has 82 valence electrons. The SMILES string of the molecule is O=c1cc(NCCCO)nc(C2CC2)[nH]1. The maximum Gasteiger partial charge on any atom is 0.252 e.